The van der Waals surface area contributed by atoms with Crippen LogP contribution in [0.2, 0.25) is 0 Å². The number of hydrogen-bond donors (Lipinski definition) is 0. The van der Waals surface area contributed by atoms with Gasteiger partial charge in [0.1, 0.15) is 5.92 Å². The summed E-state index contributed by atoms with van der Waals surface area (Å²) in [6.07, 6.45) is 4.00. The van der Waals surface area contributed by atoms with Crippen LogP contribution in [0.4, 0.5) is 0 Å². The molecule has 0 spiro atoms. The van der Waals surface area contributed by atoms with Gasteiger partial charge in [0.15, 0.2) is 0 Å². The Morgan fingerprint density at radius 2 is 2.00 bits per heavy atom. The SMILES string of the molecule is CCOC(=O)C1C2=C1[C@@H]1CCC[C@H]21. The number of fused-ring (bicyclic) bond motifs is 3. The number of hydrogen-bond acceptors (Lipinski definition) is 2. The highest BCUT2D eigenvalue weighted by Gasteiger charge is 2.61. The van der Waals surface area contributed by atoms with Crippen molar-refractivity contribution in [1.82, 2.24) is 0 Å². The third kappa shape index (κ3) is 0.812. The molecule has 0 aromatic heterocycles. The van der Waals surface area contributed by atoms with E-state index in [0.717, 1.165) is 11.8 Å². The van der Waals surface area contributed by atoms with Crippen LogP contribution in [0.15, 0.2) is 11.1 Å². The van der Waals surface area contributed by atoms with E-state index in [2.05, 4.69) is 0 Å². The summed E-state index contributed by atoms with van der Waals surface area (Å²) in [4.78, 5) is 11.4. The van der Waals surface area contributed by atoms with Crippen molar-refractivity contribution in [2.24, 2.45) is 17.8 Å². The number of ether oxygens (including phenoxy) is 1. The highest BCUT2D eigenvalue weighted by molar-refractivity contribution is 5.89. The van der Waals surface area contributed by atoms with Crippen molar-refractivity contribution < 1.29 is 9.53 Å². The van der Waals surface area contributed by atoms with Crippen molar-refractivity contribution in [1.29, 1.82) is 0 Å². The average Bonchev–Trinajstić information content (AvgIpc) is 2.61. The molecule has 0 radical (unpaired) electrons. The van der Waals surface area contributed by atoms with E-state index in [1.54, 1.807) is 0 Å². The van der Waals surface area contributed by atoms with Crippen molar-refractivity contribution in [3.05, 3.63) is 11.1 Å². The molecule has 0 N–H and O–H groups in total. The molecule has 0 aliphatic heterocycles. The van der Waals surface area contributed by atoms with Gasteiger partial charge in [0.2, 0.25) is 0 Å². The summed E-state index contributed by atoms with van der Waals surface area (Å²) < 4.78 is 5.03. The minimum atomic E-state index is 0.0156. The lowest BCUT2D eigenvalue weighted by atomic mass is 9.86. The predicted molar refractivity (Wildman–Crippen MR) is 48.0 cm³/mol. The molecule has 0 aromatic rings. The van der Waals surface area contributed by atoms with E-state index >= 15 is 0 Å². The van der Waals surface area contributed by atoms with Gasteiger partial charge in [0, 0.05) is 0 Å². The normalized spacial score (nSPS) is 39.3. The Morgan fingerprint density at radius 1 is 1.38 bits per heavy atom. The Hall–Kier alpha value is -0.790. The molecule has 0 bridgehead atoms. The van der Waals surface area contributed by atoms with Crippen molar-refractivity contribution >= 4 is 5.97 Å². The molecule has 0 aromatic carbocycles. The summed E-state index contributed by atoms with van der Waals surface area (Å²) in [5.74, 6) is 1.73. The highest BCUT2D eigenvalue weighted by atomic mass is 16.5. The molecule has 0 amide bonds. The molecule has 2 heteroatoms. The monoisotopic (exact) mass is 178 g/mol. The molecule has 3 aliphatic carbocycles. The molecule has 13 heavy (non-hydrogen) atoms. The number of carbonyl (C=O) groups is 1. The van der Waals surface area contributed by atoms with Crippen molar-refractivity contribution in [2.75, 3.05) is 6.61 Å². The molecule has 3 aliphatic rings. The zero-order valence-corrected chi connectivity index (χ0v) is 7.88. The number of rotatable bonds is 2. The third-order valence-corrected chi connectivity index (χ3v) is 3.71. The maximum absolute atomic E-state index is 11.4. The van der Waals surface area contributed by atoms with E-state index in [0.29, 0.717) is 6.61 Å². The first-order chi connectivity index (χ1) is 6.34. The Labute approximate surface area is 78.0 Å². The van der Waals surface area contributed by atoms with E-state index in [1.165, 1.54) is 30.4 Å². The summed E-state index contributed by atoms with van der Waals surface area (Å²) in [7, 11) is 0. The second-order valence-electron chi connectivity index (χ2n) is 4.24. The van der Waals surface area contributed by atoms with E-state index < -0.39 is 0 Å². The Balaban J connectivity index is 1.67. The largest absolute Gasteiger partial charge is 0.465 e. The first kappa shape index (κ1) is 7.60. The fourth-order valence-electron chi connectivity index (χ4n) is 3.20. The van der Waals surface area contributed by atoms with Crippen LogP contribution in [-0.2, 0) is 9.53 Å². The van der Waals surface area contributed by atoms with Gasteiger partial charge in [-0.3, -0.25) is 4.79 Å². The topological polar surface area (TPSA) is 26.3 Å². The van der Waals surface area contributed by atoms with Crippen LogP contribution >= 0.6 is 0 Å². The lowest BCUT2D eigenvalue weighted by Crippen LogP contribution is -2.09. The summed E-state index contributed by atoms with van der Waals surface area (Å²) in [6, 6.07) is 0. The molecule has 2 nitrogen and oxygen atoms in total. The van der Waals surface area contributed by atoms with Crippen LogP contribution in [0.1, 0.15) is 26.2 Å². The standard InChI is InChI=1S/C11H14O2/c1-2-13-11(12)10-8-6-4-3-5-7(6)9(8)10/h6-7,10H,2-5H2,1H3/t6-,7+,10?. The zero-order valence-electron chi connectivity index (χ0n) is 7.88. The van der Waals surface area contributed by atoms with E-state index in [1.807, 2.05) is 6.92 Å². The maximum atomic E-state index is 11.4. The molecule has 1 unspecified atom stereocenters. The molecule has 3 rings (SSSR count). The molecule has 0 saturated heterocycles. The first-order valence-electron chi connectivity index (χ1n) is 5.25. The van der Waals surface area contributed by atoms with Gasteiger partial charge in [-0.15, -0.1) is 0 Å². The second kappa shape index (κ2) is 2.37. The van der Waals surface area contributed by atoms with E-state index in [9.17, 15) is 4.79 Å². The summed E-state index contributed by atoms with van der Waals surface area (Å²) in [6.45, 7) is 2.39. The van der Waals surface area contributed by atoms with Gasteiger partial charge >= 0.3 is 5.97 Å². The minimum Gasteiger partial charge on any atom is -0.465 e. The zero-order chi connectivity index (χ0) is 9.00. The van der Waals surface area contributed by atoms with Gasteiger partial charge in [0.25, 0.3) is 0 Å². The van der Waals surface area contributed by atoms with Crippen LogP contribution in [-0.4, -0.2) is 12.6 Å². The van der Waals surface area contributed by atoms with E-state index in [4.69, 9.17) is 4.74 Å². The summed E-state index contributed by atoms with van der Waals surface area (Å²) in [5.41, 5.74) is 2.92. The minimum absolute atomic E-state index is 0.0156. The van der Waals surface area contributed by atoms with Gasteiger partial charge in [-0.25, -0.2) is 0 Å². The van der Waals surface area contributed by atoms with Crippen molar-refractivity contribution in [3.63, 3.8) is 0 Å². The van der Waals surface area contributed by atoms with Gasteiger partial charge in [-0.05, 0) is 42.7 Å². The molecule has 70 valence electrons. The predicted octanol–water partition coefficient (Wildman–Crippen LogP) is 1.91. The van der Waals surface area contributed by atoms with Gasteiger partial charge < -0.3 is 4.74 Å². The summed E-state index contributed by atoms with van der Waals surface area (Å²) in [5, 5.41) is 0. The Bertz CT molecular complexity index is 283. The molecule has 1 saturated carbocycles. The van der Waals surface area contributed by atoms with Gasteiger partial charge in [-0.1, -0.05) is 6.42 Å². The number of esters is 1. The Kier molecular flexibility index (Phi) is 1.38. The van der Waals surface area contributed by atoms with Crippen molar-refractivity contribution in [2.45, 2.75) is 26.2 Å². The van der Waals surface area contributed by atoms with E-state index in [-0.39, 0.29) is 11.9 Å². The maximum Gasteiger partial charge on any atom is 0.317 e. The average molecular weight is 178 g/mol. The van der Waals surface area contributed by atoms with Crippen molar-refractivity contribution in [3.8, 4) is 0 Å². The Morgan fingerprint density at radius 3 is 2.54 bits per heavy atom. The van der Waals surface area contributed by atoms with Gasteiger partial charge in [-0.2, -0.15) is 0 Å². The highest BCUT2D eigenvalue weighted by Crippen LogP contribution is 2.67. The molecular weight excluding hydrogens is 164 g/mol. The summed E-state index contributed by atoms with van der Waals surface area (Å²) >= 11 is 0. The molecule has 3 atom stereocenters. The van der Waals surface area contributed by atoms with Crippen LogP contribution in [0.3, 0.4) is 0 Å². The lowest BCUT2D eigenvalue weighted by molar-refractivity contribution is -0.144. The van der Waals surface area contributed by atoms with Crippen LogP contribution in [0.25, 0.3) is 0 Å². The van der Waals surface area contributed by atoms with Crippen LogP contribution < -0.4 is 0 Å². The number of carbonyl (C=O) groups excluding carboxylic acids is 1. The molecule has 0 heterocycles. The van der Waals surface area contributed by atoms with Gasteiger partial charge in [0.05, 0.1) is 6.61 Å². The quantitative estimate of drug-likeness (QED) is 0.477. The fourth-order valence-corrected chi connectivity index (χ4v) is 3.20. The second-order valence-corrected chi connectivity index (χ2v) is 4.24. The molecule has 1 fully saturated rings. The first-order valence-corrected chi connectivity index (χ1v) is 5.25. The fraction of sp³-hybridized carbons (Fsp3) is 0.727. The molecular formula is C11H14O2. The van der Waals surface area contributed by atoms with Crippen LogP contribution in [0, 0.1) is 17.8 Å². The smallest absolute Gasteiger partial charge is 0.317 e. The lowest BCUT2D eigenvalue weighted by Gasteiger charge is -2.18. The third-order valence-electron chi connectivity index (χ3n) is 3.71. The van der Waals surface area contributed by atoms with Crippen LogP contribution in [0.5, 0.6) is 0 Å².